The Morgan fingerprint density at radius 1 is 1.16 bits per heavy atom. The zero-order chi connectivity index (χ0) is 27.6. The number of hydrogen-bond acceptors (Lipinski definition) is 9. The molecule has 0 radical (unpaired) electrons. The number of carbonyl (C=O) groups is 3. The highest BCUT2D eigenvalue weighted by Crippen LogP contribution is 2.45. The Labute approximate surface area is 221 Å². The minimum absolute atomic E-state index is 0.0146. The van der Waals surface area contributed by atoms with Gasteiger partial charge in [0.05, 0.1) is 31.5 Å². The van der Waals surface area contributed by atoms with E-state index in [1.54, 1.807) is 25.1 Å². The predicted molar refractivity (Wildman–Crippen MR) is 138 cm³/mol. The monoisotopic (exact) mass is 538 g/mol. The minimum atomic E-state index is -1.15. The number of ether oxygens (including phenoxy) is 3. The van der Waals surface area contributed by atoms with Crippen molar-refractivity contribution in [3.8, 4) is 11.5 Å². The van der Waals surface area contributed by atoms with E-state index >= 15 is 0 Å². The van der Waals surface area contributed by atoms with Gasteiger partial charge in [0.15, 0.2) is 16.6 Å². The highest BCUT2D eigenvalue weighted by Gasteiger charge is 2.48. The van der Waals surface area contributed by atoms with Gasteiger partial charge in [0.1, 0.15) is 23.1 Å². The number of halogens is 1. The van der Waals surface area contributed by atoms with E-state index in [1.165, 1.54) is 32.4 Å². The van der Waals surface area contributed by atoms with Crippen molar-refractivity contribution in [2.75, 3.05) is 25.7 Å². The second kappa shape index (κ2) is 10.9. The lowest BCUT2D eigenvalue weighted by molar-refractivity contribution is -0.132. The third-order valence-corrected chi connectivity index (χ3v) is 6.93. The normalized spacial score (nSPS) is 16.4. The molecule has 3 aromatic rings. The number of aliphatic hydroxyl groups is 1. The number of aromatic nitrogens is 1. The van der Waals surface area contributed by atoms with Crippen molar-refractivity contribution in [1.29, 1.82) is 0 Å². The molecule has 0 bridgehead atoms. The van der Waals surface area contributed by atoms with Crippen molar-refractivity contribution in [2.24, 2.45) is 0 Å². The molecule has 0 saturated carbocycles. The van der Waals surface area contributed by atoms with Gasteiger partial charge in [0.2, 0.25) is 0 Å². The molecule has 38 heavy (non-hydrogen) atoms. The number of methoxy groups -OCH3 is 2. The van der Waals surface area contributed by atoms with Gasteiger partial charge in [-0.25, -0.2) is 14.2 Å². The fourth-order valence-electron chi connectivity index (χ4n) is 4.01. The highest BCUT2D eigenvalue weighted by atomic mass is 32.1. The van der Waals surface area contributed by atoms with Gasteiger partial charge >= 0.3 is 11.9 Å². The number of rotatable bonds is 8. The Kier molecular flexibility index (Phi) is 7.58. The maximum absolute atomic E-state index is 13.5. The number of carbonyl (C=O) groups excluding carboxylic acids is 3. The molecule has 1 saturated heterocycles. The first-order valence-corrected chi connectivity index (χ1v) is 12.1. The summed E-state index contributed by atoms with van der Waals surface area (Å²) in [6, 6.07) is 8.47. The highest BCUT2D eigenvalue weighted by molar-refractivity contribution is 7.17. The van der Waals surface area contributed by atoms with Crippen LogP contribution in [0.5, 0.6) is 11.5 Å². The number of nitrogens with zero attached hydrogens (tertiary/aromatic N) is 2. The lowest BCUT2D eigenvalue weighted by atomic mass is 9.95. The predicted octanol–water partition coefficient (Wildman–Crippen LogP) is 4.58. The van der Waals surface area contributed by atoms with Gasteiger partial charge in [-0.05, 0) is 48.9 Å². The molecule has 1 atom stereocenters. The molecule has 1 fully saturated rings. The quantitative estimate of drug-likeness (QED) is 0.146. The number of amides is 1. The molecule has 0 spiro atoms. The number of anilines is 1. The molecule has 1 unspecified atom stereocenters. The maximum Gasteiger partial charge on any atom is 0.350 e. The Morgan fingerprint density at radius 3 is 2.47 bits per heavy atom. The molecule has 196 valence electrons. The Bertz CT molecular complexity index is 1460. The van der Waals surface area contributed by atoms with Crippen LogP contribution >= 0.6 is 11.3 Å². The summed E-state index contributed by atoms with van der Waals surface area (Å²) in [5, 5.41) is 11.2. The summed E-state index contributed by atoms with van der Waals surface area (Å²) < 4.78 is 29.3. The third-order valence-electron chi connectivity index (χ3n) is 5.79. The number of aliphatic hydroxyl groups excluding tert-OH is 1. The fraction of sp³-hybridized carbons (Fsp3) is 0.185. The average molecular weight is 539 g/mol. The number of benzene rings is 2. The molecule has 0 aliphatic carbocycles. The van der Waals surface area contributed by atoms with Crippen LogP contribution in [0.2, 0.25) is 0 Å². The van der Waals surface area contributed by atoms with Crippen LogP contribution in [0, 0.1) is 12.7 Å². The summed E-state index contributed by atoms with van der Waals surface area (Å²) in [5.41, 5.74) is 0.594. The zero-order valence-electron chi connectivity index (χ0n) is 20.7. The van der Waals surface area contributed by atoms with E-state index in [-0.39, 0.29) is 27.8 Å². The van der Waals surface area contributed by atoms with Gasteiger partial charge in [-0.1, -0.05) is 30.1 Å². The molecule has 1 aliphatic heterocycles. The van der Waals surface area contributed by atoms with E-state index in [2.05, 4.69) is 11.6 Å². The summed E-state index contributed by atoms with van der Waals surface area (Å²) >= 11 is 0.872. The second-order valence-electron chi connectivity index (χ2n) is 8.09. The van der Waals surface area contributed by atoms with E-state index in [0.717, 1.165) is 28.4 Å². The molecule has 4 rings (SSSR count). The second-order valence-corrected chi connectivity index (χ2v) is 9.07. The van der Waals surface area contributed by atoms with Crippen LogP contribution in [-0.4, -0.2) is 48.6 Å². The molecule has 11 heteroatoms. The summed E-state index contributed by atoms with van der Waals surface area (Å²) in [7, 11) is 2.89. The number of ketones is 1. The smallest absolute Gasteiger partial charge is 0.350 e. The van der Waals surface area contributed by atoms with Crippen LogP contribution in [0.1, 0.15) is 32.5 Å². The number of Topliss-reactive ketones (excluding diaryl/α,β-unsaturated/α-hetero) is 1. The summed E-state index contributed by atoms with van der Waals surface area (Å²) in [4.78, 5) is 44.9. The lowest BCUT2D eigenvalue weighted by Crippen LogP contribution is -2.29. The van der Waals surface area contributed by atoms with Crippen molar-refractivity contribution in [3.05, 3.63) is 88.2 Å². The molecule has 2 heterocycles. The number of hydrogen-bond donors (Lipinski definition) is 1. The molecule has 1 aliphatic rings. The van der Waals surface area contributed by atoms with Gasteiger partial charge in [-0.3, -0.25) is 14.5 Å². The standard InChI is InChI=1S/C27H23FN2O7S/c1-5-12-37-26(34)24-14(2)29-27(38-24)30-21(16-8-11-18(35-3)19(13-16)36-4)20(23(32)25(30)33)22(31)15-6-9-17(28)10-7-15/h5-11,13,21,31H,1,12H2,2-4H3/b22-20-. The van der Waals surface area contributed by atoms with Crippen molar-refractivity contribution >= 4 is 39.9 Å². The maximum atomic E-state index is 13.5. The lowest BCUT2D eigenvalue weighted by Gasteiger charge is -2.23. The topological polar surface area (TPSA) is 115 Å². The Morgan fingerprint density at radius 2 is 1.84 bits per heavy atom. The SMILES string of the molecule is C=CCOC(=O)c1sc(N2C(=O)C(=O)/C(=C(\O)c3ccc(F)cc3)C2c2ccc(OC)c(OC)c2)nc1C. The van der Waals surface area contributed by atoms with Crippen molar-refractivity contribution in [1.82, 2.24) is 4.98 Å². The Balaban J connectivity index is 1.92. The molecule has 1 amide bonds. The van der Waals surface area contributed by atoms with Crippen molar-refractivity contribution in [3.63, 3.8) is 0 Å². The number of aryl methyl sites for hydroxylation is 1. The summed E-state index contributed by atoms with van der Waals surface area (Å²) in [5.74, 6) is -2.90. The summed E-state index contributed by atoms with van der Waals surface area (Å²) in [6.45, 7) is 5.07. The van der Waals surface area contributed by atoms with Gasteiger partial charge in [-0.15, -0.1) is 0 Å². The van der Waals surface area contributed by atoms with Crippen LogP contribution in [0.4, 0.5) is 9.52 Å². The molecule has 2 aromatic carbocycles. The first-order valence-electron chi connectivity index (χ1n) is 11.3. The molecule has 9 nitrogen and oxygen atoms in total. The number of thiazole rings is 1. The van der Waals surface area contributed by atoms with E-state index in [0.29, 0.717) is 22.8 Å². The van der Waals surface area contributed by atoms with Crippen molar-refractivity contribution in [2.45, 2.75) is 13.0 Å². The molecular formula is C27H23FN2O7S. The minimum Gasteiger partial charge on any atom is -0.507 e. The van der Waals surface area contributed by atoms with E-state index < -0.39 is 35.3 Å². The zero-order valence-corrected chi connectivity index (χ0v) is 21.5. The Hall–Kier alpha value is -4.51. The van der Waals surface area contributed by atoms with Crippen LogP contribution < -0.4 is 14.4 Å². The van der Waals surface area contributed by atoms with Gasteiger partial charge < -0.3 is 19.3 Å². The average Bonchev–Trinajstić information content (AvgIpc) is 3.43. The number of esters is 1. The third kappa shape index (κ3) is 4.75. The van der Waals surface area contributed by atoms with Crippen LogP contribution in [-0.2, 0) is 14.3 Å². The largest absolute Gasteiger partial charge is 0.507 e. The van der Waals surface area contributed by atoms with Crippen molar-refractivity contribution < 1.29 is 38.1 Å². The van der Waals surface area contributed by atoms with E-state index in [9.17, 15) is 23.9 Å². The van der Waals surface area contributed by atoms with Gasteiger partial charge in [0, 0.05) is 5.56 Å². The fourth-order valence-corrected chi connectivity index (χ4v) is 4.99. The van der Waals surface area contributed by atoms with Gasteiger partial charge in [-0.2, -0.15) is 0 Å². The van der Waals surface area contributed by atoms with Crippen LogP contribution in [0.3, 0.4) is 0 Å². The molecule has 1 aromatic heterocycles. The first kappa shape index (κ1) is 26.6. The van der Waals surface area contributed by atoms with E-state index in [4.69, 9.17) is 14.2 Å². The first-order chi connectivity index (χ1) is 18.2. The summed E-state index contributed by atoms with van der Waals surface area (Å²) in [6.07, 6.45) is 1.42. The van der Waals surface area contributed by atoms with E-state index in [1.807, 2.05) is 0 Å². The molecule has 1 N–H and O–H groups in total. The van der Waals surface area contributed by atoms with Crippen LogP contribution in [0.25, 0.3) is 5.76 Å². The molecular weight excluding hydrogens is 515 g/mol. The van der Waals surface area contributed by atoms with Gasteiger partial charge in [0.25, 0.3) is 5.78 Å². The van der Waals surface area contributed by atoms with Crippen LogP contribution in [0.15, 0.2) is 60.7 Å².